The molecule has 0 amide bonds. The van der Waals surface area contributed by atoms with Crippen LogP contribution in [0.4, 0.5) is 5.69 Å². The largest absolute Gasteiger partial charge is 0.411 e. The molecule has 5 rings (SSSR count). The second-order valence-corrected chi connectivity index (χ2v) is 7.41. The van der Waals surface area contributed by atoms with Crippen molar-refractivity contribution in [3.8, 4) is 22.6 Å². The monoisotopic (exact) mass is 387 g/mol. The lowest BCUT2D eigenvalue weighted by molar-refractivity contribution is -0.384. The highest BCUT2D eigenvalue weighted by Gasteiger charge is 2.30. The smallest absolute Gasteiger partial charge is 0.277 e. The Morgan fingerprint density at radius 3 is 2.25 bits per heavy atom. The lowest BCUT2D eigenvalue weighted by Gasteiger charge is -2.09. The van der Waals surface area contributed by atoms with Crippen molar-refractivity contribution in [1.29, 1.82) is 0 Å². The first-order valence-electron chi connectivity index (χ1n) is 8.64. The van der Waals surface area contributed by atoms with Crippen LogP contribution in [0.1, 0.15) is 16.4 Å². The molecule has 1 heterocycles. The molecule has 0 unspecified atom stereocenters. The molecule has 0 radical (unpaired) electrons. The third kappa shape index (κ3) is 2.76. The van der Waals surface area contributed by atoms with Gasteiger partial charge in [-0.2, -0.15) is 0 Å². The van der Waals surface area contributed by atoms with Crippen molar-refractivity contribution in [3.05, 3.63) is 94.0 Å². The molecule has 0 N–H and O–H groups in total. The van der Waals surface area contributed by atoms with Gasteiger partial charge in [-0.15, -0.1) is 10.2 Å². The fraction of sp³-hybridized carbons (Fsp3) is 0.0476. The molecule has 0 bridgehead atoms. The lowest BCUT2D eigenvalue weighted by atomic mass is 10.1. The number of nitro benzene ring substituents is 1. The number of nitrogens with zero attached hydrogens (tertiary/aromatic N) is 3. The quantitative estimate of drug-likeness (QED) is 0.339. The van der Waals surface area contributed by atoms with E-state index in [-0.39, 0.29) is 16.8 Å². The minimum absolute atomic E-state index is 0.0106. The summed E-state index contributed by atoms with van der Waals surface area (Å²) in [7, 11) is 0. The molecular formula is C21H13N3O3S. The topological polar surface area (TPSA) is 82.1 Å². The molecule has 0 atom stereocenters. The van der Waals surface area contributed by atoms with E-state index in [1.165, 1.54) is 46.1 Å². The van der Waals surface area contributed by atoms with Crippen LogP contribution < -0.4 is 0 Å². The number of nitro groups is 1. The van der Waals surface area contributed by atoms with Crippen molar-refractivity contribution in [2.45, 2.75) is 10.5 Å². The van der Waals surface area contributed by atoms with Crippen LogP contribution in [-0.4, -0.2) is 15.1 Å². The molecule has 0 fully saturated rings. The molecule has 0 saturated heterocycles. The Morgan fingerprint density at radius 1 is 0.893 bits per heavy atom. The SMILES string of the molecule is O=[N+]([O-])c1cccc(-c2nnc(SC3c4ccccc4-c4ccccc43)o2)c1. The third-order valence-corrected chi connectivity index (χ3v) is 5.82. The first-order valence-corrected chi connectivity index (χ1v) is 9.52. The third-order valence-electron chi connectivity index (χ3n) is 4.71. The Kier molecular flexibility index (Phi) is 3.95. The number of benzene rings is 3. The summed E-state index contributed by atoms with van der Waals surface area (Å²) in [6, 6.07) is 22.8. The van der Waals surface area contributed by atoms with E-state index < -0.39 is 4.92 Å². The second-order valence-electron chi connectivity index (χ2n) is 6.35. The lowest BCUT2D eigenvalue weighted by Crippen LogP contribution is -1.91. The van der Waals surface area contributed by atoms with Crippen LogP contribution in [0.5, 0.6) is 0 Å². The molecule has 0 aliphatic heterocycles. The van der Waals surface area contributed by atoms with Crippen molar-refractivity contribution in [2.24, 2.45) is 0 Å². The van der Waals surface area contributed by atoms with Crippen LogP contribution in [0, 0.1) is 10.1 Å². The Bertz CT molecular complexity index is 1160. The van der Waals surface area contributed by atoms with Crippen LogP contribution in [-0.2, 0) is 0 Å². The molecule has 4 aromatic rings. The maximum absolute atomic E-state index is 11.0. The molecule has 0 spiro atoms. The van der Waals surface area contributed by atoms with E-state index in [1.54, 1.807) is 12.1 Å². The standard InChI is InChI=1S/C21H13N3O3S/c25-24(26)14-7-5-6-13(12-14)20-22-23-21(27-20)28-19-17-10-3-1-8-15(17)16-9-2-4-11-18(16)19/h1-12,19H. The molecular weight excluding hydrogens is 374 g/mol. The second kappa shape index (κ2) is 6.61. The van der Waals surface area contributed by atoms with Gasteiger partial charge in [0.2, 0.25) is 5.89 Å². The summed E-state index contributed by atoms with van der Waals surface area (Å²) in [4.78, 5) is 10.5. The molecule has 6 nitrogen and oxygen atoms in total. The van der Waals surface area contributed by atoms with E-state index in [0.717, 1.165) is 0 Å². The van der Waals surface area contributed by atoms with E-state index >= 15 is 0 Å². The van der Waals surface area contributed by atoms with Crippen molar-refractivity contribution in [1.82, 2.24) is 10.2 Å². The average molecular weight is 387 g/mol. The Morgan fingerprint density at radius 2 is 1.57 bits per heavy atom. The fourth-order valence-electron chi connectivity index (χ4n) is 3.46. The minimum Gasteiger partial charge on any atom is -0.411 e. The number of fused-ring (bicyclic) bond motifs is 3. The number of aromatic nitrogens is 2. The first kappa shape index (κ1) is 16.7. The molecule has 1 aliphatic carbocycles. The van der Waals surface area contributed by atoms with Gasteiger partial charge in [0.25, 0.3) is 10.9 Å². The van der Waals surface area contributed by atoms with E-state index in [1.807, 2.05) is 24.3 Å². The average Bonchev–Trinajstić information content (AvgIpc) is 3.32. The van der Waals surface area contributed by atoms with Gasteiger partial charge in [0.05, 0.1) is 10.2 Å². The molecule has 28 heavy (non-hydrogen) atoms. The number of thioether (sulfide) groups is 1. The van der Waals surface area contributed by atoms with Crippen molar-refractivity contribution < 1.29 is 9.34 Å². The molecule has 7 heteroatoms. The van der Waals surface area contributed by atoms with E-state index in [4.69, 9.17) is 4.42 Å². The Hall–Kier alpha value is -3.45. The number of rotatable bonds is 4. The summed E-state index contributed by atoms with van der Waals surface area (Å²) in [5, 5.41) is 19.7. The van der Waals surface area contributed by atoms with Crippen LogP contribution in [0.15, 0.2) is 82.4 Å². The van der Waals surface area contributed by atoms with Gasteiger partial charge < -0.3 is 4.42 Å². The van der Waals surface area contributed by atoms with Gasteiger partial charge in [0.15, 0.2) is 0 Å². The van der Waals surface area contributed by atoms with Gasteiger partial charge in [-0.25, -0.2) is 0 Å². The highest BCUT2D eigenvalue weighted by atomic mass is 32.2. The zero-order valence-electron chi connectivity index (χ0n) is 14.5. The fourth-order valence-corrected chi connectivity index (χ4v) is 4.55. The zero-order valence-corrected chi connectivity index (χ0v) is 15.3. The van der Waals surface area contributed by atoms with Gasteiger partial charge in [0.1, 0.15) is 0 Å². The summed E-state index contributed by atoms with van der Waals surface area (Å²) in [6.45, 7) is 0. The molecule has 1 aromatic heterocycles. The number of non-ortho nitro benzene ring substituents is 1. The van der Waals surface area contributed by atoms with Gasteiger partial charge in [-0.3, -0.25) is 10.1 Å². The summed E-state index contributed by atoms with van der Waals surface area (Å²) in [5.74, 6) is 0.269. The van der Waals surface area contributed by atoms with E-state index in [9.17, 15) is 10.1 Å². The van der Waals surface area contributed by atoms with Crippen LogP contribution >= 0.6 is 11.8 Å². The summed E-state index contributed by atoms with van der Waals surface area (Å²) in [5.41, 5.74) is 5.37. The predicted octanol–water partition coefficient (Wildman–Crippen LogP) is 5.51. The highest BCUT2D eigenvalue weighted by Crippen LogP contribution is 2.51. The number of hydrogen-bond donors (Lipinski definition) is 0. The van der Waals surface area contributed by atoms with Gasteiger partial charge >= 0.3 is 0 Å². The van der Waals surface area contributed by atoms with Crippen LogP contribution in [0.2, 0.25) is 0 Å². The van der Waals surface area contributed by atoms with Crippen molar-refractivity contribution in [2.75, 3.05) is 0 Å². The predicted molar refractivity (Wildman–Crippen MR) is 106 cm³/mol. The summed E-state index contributed by atoms with van der Waals surface area (Å²) >= 11 is 1.49. The van der Waals surface area contributed by atoms with Crippen LogP contribution in [0.25, 0.3) is 22.6 Å². The number of hydrogen-bond acceptors (Lipinski definition) is 6. The summed E-state index contributed by atoms with van der Waals surface area (Å²) < 4.78 is 5.81. The minimum atomic E-state index is -0.443. The van der Waals surface area contributed by atoms with E-state index in [0.29, 0.717) is 10.8 Å². The Labute approximate surface area is 164 Å². The maximum Gasteiger partial charge on any atom is 0.277 e. The zero-order chi connectivity index (χ0) is 19.1. The van der Waals surface area contributed by atoms with E-state index in [2.05, 4.69) is 34.5 Å². The highest BCUT2D eigenvalue weighted by molar-refractivity contribution is 7.99. The molecule has 136 valence electrons. The van der Waals surface area contributed by atoms with Gasteiger partial charge in [-0.1, -0.05) is 66.4 Å². The molecule has 0 saturated carbocycles. The van der Waals surface area contributed by atoms with Crippen molar-refractivity contribution in [3.63, 3.8) is 0 Å². The normalized spacial score (nSPS) is 12.6. The molecule has 1 aliphatic rings. The summed E-state index contributed by atoms with van der Waals surface area (Å²) in [6.07, 6.45) is 0. The van der Waals surface area contributed by atoms with Gasteiger partial charge in [-0.05, 0) is 28.3 Å². The van der Waals surface area contributed by atoms with Crippen LogP contribution in [0.3, 0.4) is 0 Å². The van der Waals surface area contributed by atoms with Gasteiger partial charge in [0, 0.05) is 17.7 Å². The Balaban J connectivity index is 1.48. The first-order chi connectivity index (χ1) is 13.7. The van der Waals surface area contributed by atoms with Crippen molar-refractivity contribution >= 4 is 17.4 Å². The maximum atomic E-state index is 11.0. The molecule has 3 aromatic carbocycles.